The molecule has 0 bridgehead atoms. The minimum absolute atomic E-state index is 0.538. The summed E-state index contributed by atoms with van der Waals surface area (Å²) < 4.78 is -2.08. The minimum Gasteiger partial charge on any atom is -0.282 e. The van der Waals surface area contributed by atoms with Crippen molar-refractivity contribution in [3.05, 3.63) is 30.3 Å². The molecule has 1 unspecified atom stereocenters. The van der Waals surface area contributed by atoms with Crippen LogP contribution in [0.1, 0.15) is 6.92 Å². The number of halogens is 3. The fraction of sp³-hybridized carbons (Fsp3) is 0.273. The summed E-state index contributed by atoms with van der Waals surface area (Å²) in [5.74, 6) is -0.538. The number of para-hydroxylation sites is 1. The van der Waals surface area contributed by atoms with Gasteiger partial charge in [0, 0.05) is 5.69 Å². The highest BCUT2D eigenvalue weighted by Gasteiger charge is 2.51. The predicted octanol–water partition coefficient (Wildman–Crippen LogP) is 3.17. The number of rotatable bonds is 1. The Bertz CT molecular complexity index is 487. The summed E-state index contributed by atoms with van der Waals surface area (Å²) in [7, 11) is 0. The van der Waals surface area contributed by atoms with E-state index in [1.807, 2.05) is 6.07 Å². The fourth-order valence-electron chi connectivity index (χ4n) is 1.82. The highest BCUT2D eigenvalue weighted by molar-refractivity contribution is 6.68. The molecule has 2 rings (SSSR count). The van der Waals surface area contributed by atoms with Gasteiger partial charge in [0.1, 0.15) is 6.04 Å². The van der Waals surface area contributed by atoms with Crippen LogP contribution in [-0.4, -0.2) is 26.8 Å². The fourth-order valence-corrected chi connectivity index (χ4v) is 2.29. The van der Waals surface area contributed by atoms with Gasteiger partial charge in [-0.1, -0.05) is 53.0 Å². The second kappa shape index (κ2) is 4.61. The molecule has 0 N–H and O–H groups in total. The highest BCUT2D eigenvalue weighted by atomic mass is 35.6. The van der Waals surface area contributed by atoms with Crippen molar-refractivity contribution < 1.29 is 9.59 Å². The number of benzene rings is 1. The second-order valence-corrected chi connectivity index (χ2v) is 6.03. The zero-order valence-electron chi connectivity index (χ0n) is 9.31. The van der Waals surface area contributed by atoms with Gasteiger partial charge in [-0.3, -0.25) is 9.69 Å². The molecule has 3 amide bonds. The van der Waals surface area contributed by atoms with Gasteiger partial charge in [-0.2, -0.15) is 0 Å². The monoisotopic (exact) mass is 306 g/mol. The van der Waals surface area contributed by atoms with Crippen LogP contribution in [0.2, 0.25) is 0 Å². The predicted molar refractivity (Wildman–Crippen MR) is 70.9 cm³/mol. The molecule has 1 aromatic carbocycles. The van der Waals surface area contributed by atoms with Crippen molar-refractivity contribution in [3.8, 4) is 0 Å². The first-order valence-corrected chi connectivity index (χ1v) is 6.26. The molecule has 1 aromatic rings. The summed E-state index contributed by atoms with van der Waals surface area (Å²) in [4.78, 5) is 26.0. The van der Waals surface area contributed by atoms with Crippen molar-refractivity contribution in [1.29, 1.82) is 0 Å². The Morgan fingerprint density at radius 2 is 1.67 bits per heavy atom. The van der Waals surface area contributed by atoms with E-state index in [9.17, 15) is 9.59 Å². The van der Waals surface area contributed by atoms with E-state index in [1.54, 1.807) is 31.2 Å². The Balaban J connectivity index is 2.41. The van der Waals surface area contributed by atoms with Crippen molar-refractivity contribution in [2.45, 2.75) is 16.9 Å². The molecule has 0 radical (unpaired) electrons. The van der Waals surface area contributed by atoms with Gasteiger partial charge in [0.05, 0.1) is 0 Å². The number of hydrogen-bond acceptors (Lipinski definition) is 2. The summed E-state index contributed by atoms with van der Waals surface area (Å²) in [6.45, 7) is 1.59. The van der Waals surface area contributed by atoms with E-state index in [4.69, 9.17) is 34.8 Å². The highest BCUT2D eigenvalue weighted by Crippen LogP contribution is 2.37. The number of alkyl halides is 3. The van der Waals surface area contributed by atoms with Crippen LogP contribution < -0.4 is 4.90 Å². The molecule has 1 atom stereocenters. The maximum atomic E-state index is 12.2. The lowest BCUT2D eigenvalue weighted by atomic mass is 10.2. The molecule has 0 aliphatic carbocycles. The maximum Gasteiger partial charge on any atom is 0.335 e. The molecule has 18 heavy (non-hydrogen) atoms. The van der Waals surface area contributed by atoms with Crippen LogP contribution in [-0.2, 0) is 4.79 Å². The van der Waals surface area contributed by atoms with Crippen LogP contribution in [0.25, 0.3) is 0 Å². The number of carbonyl (C=O) groups excluding carboxylic acids is 2. The first-order valence-electron chi connectivity index (χ1n) is 5.13. The molecule has 4 nitrogen and oxygen atoms in total. The lowest BCUT2D eigenvalue weighted by Gasteiger charge is -2.22. The van der Waals surface area contributed by atoms with Crippen molar-refractivity contribution in [3.63, 3.8) is 0 Å². The van der Waals surface area contributed by atoms with Crippen LogP contribution in [0.3, 0.4) is 0 Å². The maximum absolute atomic E-state index is 12.2. The van der Waals surface area contributed by atoms with Gasteiger partial charge in [-0.15, -0.1) is 0 Å². The smallest absolute Gasteiger partial charge is 0.282 e. The summed E-state index contributed by atoms with van der Waals surface area (Å²) in [5, 5.41) is 0. The molecule has 1 saturated heterocycles. The Morgan fingerprint density at radius 1 is 1.11 bits per heavy atom. The van der Waals surface area contributed by atoms with Gasteiger partial charge in [0.2, 0.25) is 0 Å². The van der Waals surface area contributed by atoms with Gasteiger partial charge >= 0.3 is 6.03 Å². The normalized spacial score (nSPS) is 20.8. The van der Waals surface area contributed by atoms with Gasteiger partial charge in [-0.25, -0.2) is 9.69 Å². The van der Waals surface area contributed by atoms with Gasteiger partial charge in [0.25, 0.3) is 9.82 Å². The Labute approximate surface area is 119 Å². The number of hydrogen-bond donors (Lipinski definition) is 0. The third kappa shape index (κ3) is 2.16. The summed E-state index contributed by atoms with van der Waals surface area (Å²) in [6.07, 6.45) is 0. The van der Waals surface area contributed by atoms with Gasteiger partial charge in [-0.05, 0) is 19.1 Å². The lowest BCUT2D eigenvalue weighted by molar-refractivity contribution is -0.127. The van der Waals surface area contributed by atoms with Crippen LogP contribution in [0, 0.1) is 0 Å². The second-order valence-electron chi connectivity index (χ2n) is 3.81. The number of amides is 3. The quantitative estimate of drug-likeness (QED) is 0.454. The van der Waals surface area contributed by atoms with Crippen molar-refractivity contribution in [1.82, 2.24) is 4.90 Å². The Kier molecular flexibility index (Phi) is 3.45. The molecule has 0 saturated carbocycles. The largest absolute Gasteiger partial charge is 0.335 e. The Hall–Kier alpha value is -0.970. The van der Waals surface area contributed by atoms with E-state index in [-0.39, 0.29) is 0 Å². The molecule has 96 valence electrons. The van der Waals surface area contributed by atoms with Crippen LogP contribution in [0.15, 0.2) is 30.3 Å². The lowest BCUT2D eigenvalue weighted by Crippen LogP contribution is -2.41. The van der Waals surface area contributed by atoms with Gasteiger partial charge in [0.15, 0.2) is 0 Å². The topological polar surface area (TPSA) is 40.6 Å². The first-order chi connectivity index (χ1) is 8.34. The molecule has 1 aliphatic rings. The molecular weight excluding hydrogens is 298 g/mol. The van der Waals surface area contributed by atoms with E-state index in [2.05, 4.69) is 0 Å². The van der Waals surface area contributed by atoms with E-state index in [1.165, 1.54) is 4.90 Å². The summed E-state index contributed by atoms with van der Waals surface area (Å²) >= 11 is 16.9. The molecule has 1 aliphatic heterocycles. The zero-order chi connectivity index (χ0) is 13.5. The number of anilines is 1. The average molecular weight is 308 g/mol. The third-order valence-corrected chi connectivity index (χ3v) is 3.16. The van der Waals surface area contributed by atoms with E-state index in [0.29, 0.717) is 10.6 Å². The number of urea groups is 1. The minimum atomic E-state index is -2.08. The molecular formula is C11H9Cl3N2O2. The van der Waals surface area contributed by atoms with Crippen LogP contribution >= 0.6 is 34.8 Å². The number of carbonyl (C=O) groups is 2. The first kappa shape index (κ1) is 13.5. The number of nitrogens with zero attached hydrogens (tertiary/aromatic N) is 2. The van der Waals surface area contributed by atoms with Crippen molar-refractivity contribution in [2.24, 2.45) is 0 Å². The zero-order valence-corrected chi connectivity index (χ0v) is 11.6. The van der Waals surface area contributed by atoms with Crippen LogP contribution in [0.4, 0.5) is 10.5 Å². The molecule has 7 heteroatoms. The van der Waals surface area contributed by atoms with E-state index >= 15 is 0 Å². The molecule has 0 spiro atoms. The third-order valence-electron chi connectivity index (χ3n) is 2.65. The molecule has 1 fully saturated rings. The average Bonchev–Trinajstić information content (AvgIpc) is 2.50. The SMILES string of the molecule is CC1C(=O)N(C(Cl)(Cl)Cl)C(=O)N1c1ccccc1. The van der Waals surface area contributed by atoms with Gasteiger partial charge < -0.3 is 0 Å². The standard InChI is InChI=1S/C11H9Cl3N2O2/c1-7-9(17)16(11(12,13)14)10(18)15(7)8-5-3-2-4-6-8/h2-7H,1H3. The van der Waals surface area contributed by atoms with Crippen molar-refractivity contribution >= 4 is 52.4 Å². The molecule has 1 heterocycles. The summed E-state index contributed by atoms with van der Waals surface area (Å²) in [6, 6.07) is 7.42. The van der Waals surface area contributed by atoms with Crippen LogP contribution in [0.5, 0.6) is 0 Å². The van der Waals surface area contributed by atoms with E-state index in [0.717, 1.165) is 0 Å². The molecule has 0 aromatic heterocycles. The number of imide groups is 1. The summed E-state index contributed by atoms with van der Waals surface area (Å²) in [5.41, 5.74) is 0.583. The van der Waals surface area contributed by atoms with E-state index < -0.39 is 21.9 Å². The van der Waals surface area contributed by atoms with Crippen molar-refractivity contribution in [2.75, 3.05) is 4.90 Å². The Morgan fingerprint density at radius 3 is 2.11 bits per heavy atom.